The molecule has 5 aliphatic rings. The highest BCUT2D eigenvalue weighted by Gasteiger charge is 2.43. The van der Waals surface area contributed by atoms with E-state index in [1.165, 1.54) is 0 Å². The maximum atomic E-state index is 12.6. The first-order valence-electron chi connectivity index (χ1n) is 8.91. The summed E-state index contributed by atoms with van der Waals surface area (Å²) in [4.78, 5) is 12.6. The van der Waals surface area contributed by atoms with Crippen LogP contribution in [-0.2, 0) is 25.6 Å². The summed E-state index contributed by atoms with van der Waals surface area (Å²) in [5, 5.41) is 0. The van der Waals surface area contributed by atoms with Gasteiger partial charge in [0.2, 0.25) is 6.79 Å². The molecule has 27 heavy (non-hydrogen) atoms. The molecule has 3 heterocycles. The Hall–Kier alpha value is -3.15. The lowest BCUT2D eigenvalue weighted by atomic mass is 9.74. The predicted molar refractivity (Wildman–Crippen MR) is 93.5 cm³/mol. The van der Waals surface area contributed by atoms with Crippen LogP contribution in [0.15, 0.2) is 52.5 Å². The van der Waals surface area contributed by atoms with Gasteiger partial charge in [0.1, 0.15) is 13.2 Å². The van der Waals surface area contributed by atoms with E-state index in [1.54, 1.807) is 7.11 Å². The van der Waals surface area contributed by atoms with Crippen LogP contribution in [0.4, 0.5) is 0 Å². The Labute approximate surface area is 155 Å². The molecule has 136 valence electrons. The average Bonchev–Trinajstić information content (AvgIpc) is 3.27. The van der Waals surface area contributed by atoms with E-state index < -0.39 is 0 Å². The number of ether oxygens (including phenoxy) is 5. The summed E-state index contributed by atoms with van der Waals surface area (Å²) in [6, 6.07) is 3.88. The first-order valence-corrected chi connectivity index (χ1v) is 8.91. The molecule has 1 aromatic rings. The number of hydrogen-bond acceptors (Lipinski definition) is 6. The Morgan fingerprint density at radius 2 is 2.00 bits per heavy atom. The Morgan fingerprint density at radius 1 is 1.07 bits per heavy atom. The van der Waals surface area contributed by atoms with Crippen molar-refractivity contribution >= 4 is 11.5 Å². The van der Waals surface area contributed by atoms with Gasteiger partial charge < -0.3 is 23.7 Å². The third kappa shape index (κ3) is 1.87. The number of cyclic esters (lactones) is 1. The molecule has 0 saturated heterocycles. The van der Waals surface area contributed by atoms with Crippen LogP contribution in [0, 0.1) is 5.92 Å². The van der Waals surface area contributed by atoms with E-state index in [0.717, 1.165) is 34.3 Å². The van der Waals surface area contributed by atoms with Gasteiger partial charge in [0.15, 0.2) is 23.0 Å². The van der Waals surface area contributed by atoms with Crippen LogP contribution in [-0.4, -0.2) is 26.5 Å². The quantitative estimate of drug-likeness (QED) is 0.714. The lowest BCUT2D eigenvalue weighted by Crippen LogP contribution is -2.19. The number of fused-ring (bicyclic) bond motifs is 5. The minimum atomic E-state index is -0.274. The SMILES string of the molecule is COC1=C2OCc3c(ccc4c3OCO4)C3=C2C(C=C1)CC1=C3C(=O)OC1. The van der Waals surface area contributed by atoms with Crippen molar-refractivity contribution in [3.05, 3.63) is 63.6 Å². The first kappa shape index (κ1) is 15.0. The second kappa shape index (κ2) is 5.19. The standard InChI is InChI=1S/C21H16O6/c1-23-14-4-2-10-6-11-7-25-21(22)17(11)18-12-3-5-15-19(27-9-26-15)13(12)8-24-20(14)16(10)18/h2-5,10H,6-9H2,1H3. The Balaban J connectivity index is 1.70. The number of hydrogen-bond donors (Lipinski definition) is 0. The van der Waals surface area contributed by atoms with Crippen LogP contribution < -0.4 is 9.47 Å². The molecule has 0 radical (unpaired) electrons. The van der Waals surface area contributed by atoms with Crippen molar-refractivity contribution in [2.45, 2.75) is 13.0 Å². The molecule has 0 aromatic heterocycles. The van der Waals surface area contributed by atoms with E-state index in [4.69, 9.17) is 23.7 Å². The van der Waals surface area contributed by atoms with Gasteiger partial charge >= 0.3 is 5.97 Å². The van der Waals surface area contributed by atoms with Gasteiger partial charge in [0, 0.05) is 22.6 Å². The minimum absolute atomic E-state index is 0.124. The Bertz CT molecular complexity index is 1040. The summed E-state index contributed by atoms with van der Waals surface area (Å²) in [5.41, 5.74) is 5.39. The predicted octanol–water partition coefficient (Wildman–Crippen LogP) is 3.00. The zero-order chi connectivity index (χ0) is 18.1. The van der Waals surface area contributed by atoms with E-state index in [2.05, 4.69) is 6.08 Å². The number of carbonyl (C=O) groups excluding carboxylic acids is 1. The van der Waals surface area contributed by atoms with Crippen LogP contribution in [0.25, 0.3) is 5.57 Å². The lowest BCUT2D eigenvalue weighted by Gasteiger charge is -2.30. The van der Waals surface area contributed by atoms with Crippen LogP contribution in [0.5, 0.6) is 11.5 Å². The van der Waals surface area contributed by atoms with Gasteiger partial charge in [-0.05, 0) is 35.8 Å². The Kier molecular flexibility index (Phi) is 2.88. The van der Waals surface area contributed by atoms with Gasteiger partial charge in [-0.3, -0.25) is 0 Å². The minimum Gasteiger partial charge on any atom is -0.493 e. The van der Waals surface area contributed by atoms with Crippen molar-refractivity contribution in [3.8, 4) is 11.5 Å². The molecular weight excluding hydrogens is 348 g/mol. The number of methoxy groups -OCH3 is 1. The Morgan fingerprint density at radius 3 is 2.89 bits per heavy atom. The molecule has 0 saturated carbocycles. The van der Waals surface area contributed by atoms with Crippen molar-refractivity contribution in [1.29, 1.82) is 0 Å². The topological polar surface area (TPSA) is 63.2 Å². The number of rotatable bonds is 1. The fourth-order valence-electron chi connectivity index (χ4n) is 4.57. The number of allylic oxidation sites excluding steroid dienone is 3. The number of carbonyl (C=O) groups is 1. The van der Waals surface area contributed by atoms with E-state index in [0.29, 0.717) is 41.8 Å². The van der Waals surface area contributed by atoms with Crippen LogP contribution in [0.1, 0.15) is 17.5 Å². The fourth-order valence-corrected chi connectivity index (χ4v) is 4.57. The van der Waals surface area contributed by atoms with Crippen molar-refractivity contribution in [2.24, 2.45) is 5.92 Å². The molecule has 1 aromatic carbocycles. The third-order valence-electron chi connectivity index (χ3n) is 5.73. The average molecular weight is 364 g/mol. The van der Waals surface area contributed by atoms with E-state index in [1.807, 2.05) is 18.2 Å². The normalized spacial score (nSPS) is 24.2. The van der Waals surface area contributed by atoms with Gasteiger partial charge in [0.25, 0.3) is 0 Å². The molecule has 6 heteroatoms. The largest absolute Gasteiger partial charge is 0.493 e. The van der Waals surface area contributed by atoms with Crippen molar-refractivity contribution < 1.29 is 28.5 Å². The van der Waals surface area contributed by atoms with Gasteiger partial charge in [0.05, 0.1) is 12.7 Å². The van der Waals surface area contributed by atoms with Gasteiger partial charge in [-0.15, -0.1) is 0 Å². The second-order valence-electron chi connectivity index (χ2n) is 7.02. The summed E-state index contributed by atoms with van der Waals surface area (Å²) in [6.07, 6.45) is 4.82. The van der Waals surface area contributed by atoms with E-state index in [9.17, 15) is 4.79 Å². The number of benzene rings is 1. The highest BCUT2D eigenvalue weighted by atomic mass is 16.7. The van der Waals surface area contributed by atoms with Crippen molar-refractivity contribution in [2.75, 3.05) is 20.5 Å². The smallest absolute Gasteiger partial charge is 0.339 e. The van der Waals surface area contributed by atoms with Crippen LogP contribution >= 0.6 is 0 Å². The molecule has 1 atom stereocenters. The molecular formula is C21H16O6. The molecule has 2 aliphatic carbocycles. The molecule has 0 bridgehead atoms. The molecule has 3 aliphatic heterocycles. The van der Waals surface area contributed by atoms with Crippen LogP contribution in [0.2, 0.25) is 0 Å². The lowest BCUT2D eigenvalue weighted by molar-refractivity contribution is -0.135. The molecule has 0 fully saturated rings. The molecule has 0 spiro atoms. The van der Waals surface area contributed by atoms with Crippen molar-refractivity contribution in [1.82, 2.24) is 0 Å². The maximum Gasteiger partial charge on any atom is 0.339 e. The molecule has 1 unspecified atom stereocenters. The summed E-state index contributed by atoms with van der Waals surface area (Å²) >= 11 is 0. The summed E-state index contributed by atoms with van der Waals surface area (Å²) < 4.78 is 28.4. The van der Waals surface area contributed by atoms with Gasteiger partial charge in [-0.1, -0.05) is 6.08 Å². The second-order valence-corrected chi connectivity index (χ2v) is 7.02. The summed E-state index contributed by atoms with van der Waals surface area (Å²) in [7, 11) is 1.63. The highest BCUT2D eigenvalue weighted by Crippen LogP contribution is 2.53. The maximum absolute atomic E-state index is 12.6. The monoisotopic (exact) mass is 364 g/mol. The summed E-state index contributed by atoms with van der Waals surface area (Å²) in [5.74, 6) is 2.58. The zero-order valence-corrected chi connectivity index (χ0v) is 14.7. The van der Waals surface area contributed by atoms with E-state index >= 15 is 0 Å². The molecule has 6 rings (SSSR count). The van der Waals surface area contributed by atoms with E-state index in [-0.39, 0.29) is 18.7 Å². The summed E-state index contributed by atoms with van der Waals surface area (Å²) in [6.45, 7) is 0.853. The highest BCUT2D eigenvalue weighted by molar-refractivity contribution is 6.11. The van der Waals surface area contributed by atoms with Crippen molar-refractivity contribution in [3.63, 3.8) is 0 Å². The zero-order valence-electron chi connectivity index (χ0n) is 14.7. The van der Waals surface area contributed by atoms with Crippen LogP contribution in [0.3, 0.4) is 0 Å². The van der Waals surface area contributed by atoms with Gasteiger partial charge in [-0.2, -0.15) is 0 Å². The number of esters is 1. The third-order valence-corrected chi connectivity index (χ3v) is 5.73. The molecule has 0 amide bonds. The fraction of sp³-hybridized carbons (Fsp3) is 0.286. The molecule has 6 nitrogen and oxygen atoms in total. The first-order chi connectivity index (χ1) is 13.3. The van der Waals surface area contributed by atoms with Gasteiger partial charge in [-0.25, -0.2) is 4.79 Å². The molecule has 0 N–H and O–H groups in total.